The minimum atomic E-state index is -1.55. The molecule has 2 amide bonds. The third kappa shape index (κ3) is 5.32. The van der Waals surface area contributed by atoms with Crippen molar-refractivity contribution < 1.29 is 29.3 Å². The number of amides is 2. The van der Waals surface area contributed by atoms with E-state index < -0.39 is 23.7 Å². The first-order valence-electron chi connectivity index (χ1n) is 12.1. The van der Waals surface area contributed by atoms with Gasteiger partial charge in [-0.05, 0) is 41.0 Å². The number of alkyl carbamates (subject to hydrolysis) is 1. The molecular weight excluding hydrogens is 448 g/mol. The largest absolute Gasteiger partial charge is 0.479 e. The first-order valence-corrected chi connectivity index (χ1v) is 12.1. The van der Waals surface area contributed by atoms with E-state index >= 15 is 0 Å². The van der Waals surface area contributed by atoms with Gasteiger partial charge in [-0.1, -0.05) is 68.3 Å². The fraction of sp³-hybridized carbons (Fsp3) is 0.444. The maximum Gasteiger partial charge on any atom is 0.408 e. The zero-order chi connectivity index (χ0) is 25.0. The van der Waals surface area contributed by atoms with Crippen LogP contribution >= 0.6 is 0 Å². The lowest BCUT2D eigenvalue weighted by molar-refractivity contribution is -0.147. The second-order valence-corrected chi connectivity index (χ2v) is 9.63. The Morgan fingerprint density at radius 3 is 2.31 bits per heavy atom. The molecule has 0 aliphatic heterocycles. The number of rotatable bonds is 8. The number of benzene rings is 2. The maximum atomic E-state index is 13.1. The van der Waals surface area contributed by atoms with Crippen LogP contribution in [0, 0.1) is 5.92 Å². The Labute approximate surface area is 204 Å². The van der Waals surface area contributed by atoms with Crippen LogP contribution in [0.4, 0.5) is 4.79 Å². The zero-order valence-corrected chi connectivity index (χ0v) is 19.8. The molecule has 1 saturated carbocycles. The van der Waals surface area contributed by atoms with Gasteiger partial charge >= 0.3 is 12.1 Å². The van der Waals surface area contributed by atoms with Gasteiger partial charge in [0.25, 0.3) is 0 Å². The van der Waals surface area contributed by atoms with Crippen LogP contribution in [0.15, 0.2) is 48.5 Å². The standard InChI is InChI=1S/C27H32N2O6/c1-17-7-6-13-27(15-17,25(33)28-14-12-23(30)24(31)32)29-26(34)35-16-22-20-10-4-2-8-18(20)19-9-3-5-11-21(19)22/h2-5,8-11,17,22-23,30H,6-7,12-16H2,1H3,(H,28,33)(H,29,34)(H,31,32)/t17?,23-,27?/m0/s1. The Balaban J connectivity index is 1.42. The molecule has 0 radical (unpaired) electrons. The van der Waals surface area contributed by atoms with Crippen LogP contribution in [0.2, 0.25) is 0 Å². The molecule has 2 aliphatic carbocycles. The highest BCUT2D eigenvalue weighted by atomic mass is 16.5. The number of carbonyl (C=O) groups excluding carboxylic acids is 2. The van der Waals surface area contributed by atoms with Crippen LogP contribution in [0.25, 0.3) is 11.1 Å². The molecule has 0 spiro atoms. The lowest BCUT2D eigenvalue weighted by Crippen LogP contribution is -2.61. The summed E-state index contributed by atoms with van der Waals surface area (Å²) in [6.07, 6.45) is 0.347. The van der Waals surface area contributed by atoms with Crippen molar-refractivity contribution in [2.45, 2.75) is 56.6 Å². The summed E-state index contributed by atoms with van der Waals surface area (Å²) in [5, 5.41) is 23.8. The van der Waals surface area contributed by atoms with E-state index in [9.17, 15) is 19.5 Å². The zero-order valence-electron chi connectivity index (χ0n) is 19.8. The van der Waals surface area contributed by atoms with Gasteiger partial charge < -0.3 is 25.6 Å². The summed E-state index contributed by atoms with van der Waals surface area (Å²) in [5.41, 5.74) is 3.36. The summed E-state index contributed by atoms with van der Waals surface area (Å²) in [6, 6.07) is 16.2. The molecule has 4 N–H and O–H groups in total. The van der Waals surface area contributed by atoms with E-state index in [0.29, 0.717) is 12.8 Å². The number of fused-ring (bicyclic) bond motifs is 3. The van der Waals surface area contributed by atoms with Crippen molar-refractivity contribution >= 4 is 18.0 Å². The molecule has 8 nitrogen and oxygen atoms in total. The van der Waals surface area contributed by atoms with Gasteiger partial charge in [-0.3, -0.25) is 4.79 Å². The fourth-order valence-electron chi connectivity index (χ4n) is 5.37. The van der Waals surface area contributed by atoms with E-state index in [1.165, 1.54) is 0 Å². The van der Waals surface area contributed by atoms with Crippen LogP contribution in [-0.4, -0.2) is 53.0 Å². The van der Waals surface area contributed by atoms with Gasteiger partial charge in [0.15, 0.2) is 6.10 Å². The van der Waals surface area contributed by atoms with Crippen LogP contribution in [0.1, 0.15) is 56.1 Å². The number of aliphatic hydroxyl groups excluding tert-OH is 1. The van der Waals surface area contributed by atoms with Gasteiger partial charge in [-0.2, -0.15) is 0 Å². The summed E-state index contributed by atoms with van der Waals surface area (Å²) < 4.78 is 5.68. The second kappa shape index (κ2) is 10.5. The number of carboxylic acid groups (broad SMARTS) is 1. The summed E-state index contributed by atoms with van der Waals surface area (Å²) in [6.45, 7) is 2.18. The van der Waals surface area contributed by atoms with Crippen molar-refractivity contribution in [2.24, 2.45) is 5.92 Å². The summed E-state index contributed by atoms with van der Waals surface area (Å²) >= 11 is 0. The molecule has 2 aromatic carbocycles. The molecule has 186 valence electrons. The predicted molar refractivity (Wildman–Crippen MR) is 130 cm³/mol. The van der Waals surface area contributed by atoms with Crippen molar-refractivity contribution in [1.82, 2.24) is 10.6 Å². The average molecular weight is 481 g/mol. The number of hydrogen-bond donors (Lipinski definition) is 4. The monoisotopic (exact) mass is 480 g/mol. The minimum absolute atomic E-state index is 0.00516. The summed E-state index contributed by atoms with van der Waals surface area (Å²) in [5.74, 6) is -1.57. The van der Waals surface area contributed by atoms with Gasteiger partial charge in [0.05, 0.1) is 0 Å². The predicted octanol–water partition coefficient (Wildman–Crippen LogP) is 3.43. The highest BCUT2D eigenvalue weighted by Gasteiger charge is 2.43. The Bertz CT molecular complexity index is 1060. The number of carboxylic acids is 1. The third-order valence-corrected chi connectivity index (χ3v) is 7.11. The number of carbonyl (C=O) groups is 3. The van der Waals surface area contributed by atoms with E-state index in [0.717, 1.165) is 35.1 Å². The topological polar surface area (TPSA) is 125 Å². The molecule has 2 aromatic rings. The number of ether oxygens (including phenoxy) is 1. The fourth-order valence-corrected chi connectivity index (χ4v) is 5.37. The lowest BCUT2D eigenvalue weighted by atomic mass is 9.75. The normalized spacial score (nSPS) is 21.9. The number of aliphatic carboxylic acids is 1. The van der Waals surface area contributed by atoms with E-state index in [1.54, 1.807) is 0 Å². The minimum Gasteiger partial charge on any atom is -0.479 e. The molecule has 35 heavy (non-hydrogen) atoms. The van der Waals surface area contributed by atoms with Gasteiger partial charge in [0.1, 0.15) is 12.1 Å². The van der Waals surface area contributed by atoms with Crippen molar-refractivity contribution in [3.63, 3.8) is 0 Å². The van der Waals surface area contributed by atoms with E-state index in [4.69, 9.17) is 9.84 Å². The van der Waals surface area contributed by atoms with Gasteiger partial charge in [0.2, 0.25) is 5.91 Å². The van der Waals surface area contributed by atoms with Crippen LogP contribution in [0.5, 0.6) is 0 Å². The molecule has 8 heteroatoms. The number of hydrogen-bond acceptors (Lipinski definition) is 5. The molecule has 0 saturated heterocycles. The molecule has 2 aliphatic rings. The third-order valence-electron chi connectivity index (χ3n) is 7.11. The van der Waals surface area contributed by atoms with E-state index in [2.05, 4.69) is 22.8 Å². The van der Waals surface area contributed by atoms with E-state index in [-0.39, 0.29) is 37.3 Å². The quantitative estimate of drug-likeness (QED) is 0.459. The Hall–Kier alpha value is -3.39. The molecule has 3 atom stereocenters. The second-order valence-electron chi connectivity index (χ2n) is 9.63. The van der Waals surface area contributed by atoms with Gasteiger partial charge in [-0.15, -0.1) is 0 Å². The number of nitrogens with one attached hydrogen (secondary N) is 2. The molecule has 1 fully saturated rings. The van der Waals surface area contributed by atoms with Crippen molar-refractivity contribution in [3.8, 4) is 11.1 Å². The van der Waals surface area contributed by atoms with Crippen molar-refractivity contribution in [2.75, 3.05) is 13.2 Å². The molecular formula is C27H32N2O6. The van der Waals surface area contributed by atoms with Crippen molar-refractivity contribution in [1.29, 1.82) is 0 Å². The summed E-state index contributed by atoms with van der Waals surface area (Å²) in [4.78, 5) is 36.9. The van der Waals surface area contributed by atoms with Crippen LogP contribution in [-0.2, 0) is 14.3 Å². The molecule has 2 unspecified atom stereocenters. The molecule has 0 heterocycles. The Morgan fingerprint density at radius 2 is 1.71 bits per heavy atom. The molecule has 0 aromatic heterocycles. The average Bonchev–Trinajstić information content (AvgIpc) is 3.16. The maximum absolute atomic E-state index is 13.1. The highest BCUT2D eigenvalue weighted by Crippen LogP contribution is 2.44. The molecule has 0 bridgehead atoms. The first-order chi connectivity index (χ1) is 16.8. The van der Waals surface area contributed by atoms with Gasteiger partial charge in [-0.25, -0.2) is 9.59 Å². The Kier molecular flexibility index (Phi) is 7.40. The van der Waals surface area contributed by atoms with E-state index in [1.807, 2.05) is 43.3 Å². The van der Waals surface area contributed by atoms with Crippen molar-refractivity contribution in [3.05, 3.63) is 59.7 Å². The highest BCUT2D eigenvalue weighted by molar-refractivity contribution is 5.90. The van der Waals surface area contributed by atoms with Crippen LogP contribution in [0.3, 0.4) is 0 Å². The van der Waals surface area contributed by atoms with Crippen LogP contribution < -0.4 is 10.6 Å². The lowest BCUT2D eigenvalue weighted by Gasteiger charge is -2.39. The molecule has 4 rings (SSSR count). The first kappa shape index (κ1) is 24.7. The summed E-state index contributed by atoms with van der Waals surface area (Å²) in [7, 11) is 0. The number of aliphatic hydroxyl groups is 1. The Morgan fingerprint density at radius 1 is 1.09 bits per heavy atom. The smallest absolute Gasteiger partial charge is 0.408 e. The SMILES string of the molecule is CC1CCCC(NC(=O)OCC2c3ccccc3-c3ccccc32)(C(=O)NCC[C@H](O)C(=O)O)C1. The van der Waals surface area contributed by atoms with Gasteiger partial charge in [0, 0.05) is 18.9 Å².